The fourth-order valence-corrected chi connectivity index (χ4v) is 2.01. The van der Waals surface area contributed by atoms with E-state index in [9.17, 15) is 4.79 Å². The number of carbonyl (C=O) groups excluding carboxylic acids is 1. The van der Waals surface area contributed by atoms with Gasteiger partial charge in [0.1, 0.15) is 5.75 Å². The lowest BCUT2D eigenvalue weighted by Crippen LogP contribution is -2.22. The van der Waals surface area contributed by atoms with E-state index in [1.807, 2.05) is 24.3 Å². The molecule has 1 aromatic rings. The predicted molar refractivity (Wildman–Crippen MR) is 76.9 cm³/mol. The molecule has 1 aromatic carbocycles. The molecular formula is C14H15NO3S. The van der Waals surface area contributed by atoms with Gasteiger partial charge in [0.05, 0.1) is 12.8 Å². The number of benzene rings is 1. The molecule has 0 radical (unpaired) electrons. The lowest BCUT2D eigenvalue weighted by atomic mass is 10.0. The van der Waals surface area contributed by atoms with Gasteiger partial charge in [0, 0.05) is 12.8 Å². The molecule has 0 amide bonds. The smallest absolute Gasteiger partial charge is 0.191 e. The zero-order chi connectivity index (χ0) is 13.8. The molecule has 0 aliphatic carbocycles. The van der Waals surface area contributed by atoms with Crippen LogP contribution in [0.4, 0.5) is 0 Å². The quantitative estimate of drug-likeness (QED) is 0.776. The third kappa shape index (κ3) is 3.38. The zero-order valence-electron chi connectivity index (χ0n) is 10.9. The van der Waals surface area contributed by atoms with Crippen LogP contribution in [0.3, 0.4) is 0 Å². The van der Waals surface area contributed by atoms with E-state index in [0.29, 0.717) is 11.3 Å². The van der Waals surface area contributed by atoms with Gasteiger partial charge in [-0.25, -0.2) is 0 Å². The van der Waals surface area contributed by atoms with E-state index in [0.717, 1.165) is 17.0 Å². The Balaban J connectivity index is 2.00. The van der Waals surface area contributed by atoms with Gasteiger partial charge in [-0.05, 0) is 41.6 Å². The summed E-state index contributed by atoms with van der Waals surface area (Å²) in [5.74, 6) is 0.770. The lowest BCUT2D eigenvalue weighted by Gasteiger charge is -2.06. The van der Waals surface area contributed by atoms with E-state index in [4.69, 9.17) is 21.8 Å². The Kier molecular flexibility index (Phi) is 4.27. The standard InChI is InChI=1S/C14H15NO3S/c1-9(19)7-13(16)14-8-12(15-18-14)10-3-5-11(17-2)6-4-10/h3-6,14H,7-8H2,1-2H3. The van der Waals surface area contributed by atoms with E-state index in [1.54, 1.807) is 14.0 Å². The van der Waals surface area contributed by atoms with Crippen molar-refractivity contribution >= 4 is 28.6 Å². The molecule has 0 aromatic heterocycles. The van der Waals surface area contributed by atoms with Crippen molar-refractivity contribution in [1.82, 2.24) is 0 Å². The molecule has 0 bridgehead atoms. The average Bonchev–Trinajstić information content (AvgIpc) is 2.88. The molecule has 1 aliphatic heterocycles. The summed E-state index contributed by atoms with van der Waals surface area (Å²) in [5, 5.41) is 3.98. The third-order valence-corrected chi connectivity index (χ3v) is 3.02. The molecular weight excluding hydrogens is 262 g/mol. The summed E-state index contributed by atoms with van der Waals surface area (Å²) in [6.07, 6.45) is 0.258. The number of ketones is 1. The van der Waals surface area contributed by atoms with Crippen molar-refractivity contribution in [2.24, 2.45) is 5.16 Å². The maximum Gasteiger partial charge on any atom is 0.191 e. The highest BCUT2D eigenvalue weighted by atomic mass is 32.1. The number of hydrogen-bond donors (Lipinski definition) is 0. The number of methoxy groups -OCH3 is 1. The Bertz CT molecular complexity index is 522. The van der Waals surface area contributed by atoms with Crippen molar-refractivity contribution in [1.29, 1.82) is 0 Å². The van der Waals surface area contributed by atoms with Crippen LogP contribution in [0.2, 0.25) is 0 Å². The highest BCUT2D eigenvalue weighted by Gasteiger charge is 2.28. The number of ether oxygens (including phenoxy) is 1. The minimum Gasteiger partial charge on any atom is -0.497 e. The summed E-state index contributed by atoms with van der Waals surface area (Å²) >= 11 is 4.93. The van der Waals surface area contributed by atoms with Crippen molar-refractivity contribution in [3.05, 3.63) is 29.8 Å². The number of hydrogen-bond acceptors (Lipinski definition) is 5. The van der Waals surface area contributed by atoms with Gasteiger partial charge in [-0.2, -0.15) is 0 Å². The first-order chi connectivity index (χ1) is 9.10. The molecule has 0 saturated carbocycles. The highest BCUT2D eigenvalue weighted by molar-refractivity contribution is 7.80. The minimum atomic E-state index is -0.505. The van der Waals surface area contributed by atoms with Crippen LogP contribution in [0.15, 0.2) is 29.4 Å². The van der Waals surface area contributed by atoms with E-state index < -0.39 is 6.10 Å². The van der Waals surface area contributed by atoms with Gasteiger partial charge < -0.3 is 9.57 Å². The molecule has 2 rings (SSSR count). The summed E-state index contributed by atoms with van der Waals surface area (Å²) in [4.78, 5) is 17.7. The molecule has 19 heavy (non-hydrogen) atoms. The van der Waals surface area contributed by atoms with E-state index in [2.05, 4.69) is 5.16 Å². The van der Waals surface area contributed by atoms with Crippen LogP contribution >= 0.6 is 12.2 Å². The van der Waals surface area contributed by atoms with Gasteiger partial charge in [0.2, 0.25) is 0 Å². The molecule has 0 saturated heterocycles. The van der Waals surface area contributed by atoms with Crippen LogP contribution in [0.5, 0.6) is 5.75 Å². The van der Waals surface area contributed by atoms with E-state index in [1.165, 1.54) is 0 Å². The Hall–Kier alpha value is -1.75. The first kappa shape index (κ1) is 13.7. The second-order valence-corrected chi connectivity index (χ2v) is 5.11. The van der Waals surface area contributed by atoms with Crippen molar-refractivity contribution in [2.45, 2.75) is 25.9 Å². The molecule has 1 heterocycles. The van der Waals surface area contributed by atoms with Gasteiger partial charge in [-0.3, -0.25) is 4.79 Å². The number of oxime groups is 1. The topological polar surface area (TPSA) is 47.9 Å². The summed E-state index contributed by atoms with van der Waals surface area (Å²) in [6.45, 7) is 1.76. The van der Waals surface area contributed by atoms with Crippen LogP contribution in [-0.2, 0) is 9.63 Å². The zero-order valence-corrected chi connectivity index (χ0v) is 11.7. The Morgan fingerprint density at radius 2 is 2.16 bits per heavy atom. The number of rotatable bonds is 5. The largest absolute Gasteiger partial charge is 0.497 e. The monoisotopic (exact) mass is 277 g/mol. The van der Waals surface area contributed by atoms with Gasteiger partial charge in [0.15, 0.2) is 11.9 Å². The second kappa shape index (κ2) is 5.93. The van der Waals surface area contributed by atoms with E-state index >= 15 is 0 Å². The third-order valence-electron chi connectivity index (χ3n) is 2.87. The number of nitrogens with zero attached hydrogens (tertiary/aromatic N) is 1. The highest BCUT2D eigenvalue weighted by Crippen LogP contribution is 2.20. The average molecular weight is 277 g/mol. The fourth-order valence-electron chi connectivity index (χ4n) is 1.86. The lowest BCUT2D eigenvalue weighted by molar-refractivity contribution is -0.127. The van der Waals surface area contributed by atoms with Gasteiger partial charge in [0.25, 0.3) is 0 Å². The van der Waals surface area contributed by atoms with Crippen LogP contribution < -0.4 is 4.74 Å². The second-order valence-electron chi connectivity index (χ2n) is 4.41. The van der Waals surface area contributed by atoms with Crippen LogP contribution in [-0.4, -0.2) is 29.6 Å². The molecule has 1 atom stereocenters. The first-order valence-electron chi connectivity index (χ1n) is 5.99. The van der Waals surface area contributed by atoms with Crippen LogP contribution in [0.1, 0.15) is 25.3 Å². The van der Waals surface area contributed by atoms with Gasteiger partial charge in [-0.15, -0.1) is 0 Å². The van der Waals surface area contributed by atoms with Crippen molar-refractivity contribution < 1.29 is 14.4 Å². The maximum absolute atomic E-state index is 11.8. The van der Waals surface area contributed by atoms with E-state index in [-0.39, 0.29) is 12.2 Å². The Labute approximate surface area is 117 Å². The summed E-state index contributed by atoms with van der Waals surface area (Å²) in [7, 11) is 1.62. The van der Waals surface area contributed by atoms with Crippen LogP contribution in [0.25, 0.3) is 0 Å². The molecule has 0 N–H and O–H groups in total. The Morgan fingerprint density at radius 3 is 2.74 bits per heavy atom. The fraction of sp³-hybridized carbons (Fsp3) is 0.357. The number of thiocarbonyl (C=S) groups is 1. The van der Waals surface area contributed by atoms with Crippen molar-refractivity contribution in [3.8, 4) is 5.75 Å². The molecule has 5 heteroatoms. The number of carbonyl (C=O) groups is 1. The molecule has 0 spiro atoms. The molecule has 100 valence electrons. The van der Waals surface area contributed by atoms with Gasteiger partial charge in [-0.1, -0.05) is 17.4 Å². The number of Topliss-reactive ketones (excluding diaryl/α,β-unsaturated/α-hetero) is 1. The summed E-state index contributed by atoms with van der Waals surface area (Å²) < 4.78 is 5.10. The summed E-state index contributed by atoms with van der Waals surface area (Å²) in [6, 6.07) is 7.51. The molecule has 1 aliphatic rings. The Morgan fingerprint density at radius 1 is 1.47 bits per heavy atom. The van der Waals surface area contributed by atoms with Crippen molar-refractivity contribution in [2.75, 3.05) is 7.11 Å². The minimum absolute atomic E-state index is 0.0141. The molecule has 4 nitrogen and oxygen atoms in total. The maximum atomic E-state index is 11.8. The SMILES string of the molecule is COc1ccc(C2=NOC(C(=O)CC(C)=S)C2)cc1. The predicted octanol–water partition coefficient (Wildman–Crippen LogP) is 2.54. The first-order valence-corrected chi connectivity index (χ1v) is 6.40. The molecule has 0 fully saturated rings. The molecule has 1 unspecified atom stereocenters. The normalized spacial score (nSPS) is 17.6. The summed E-state index contributed by atoms with van der Waals surface area (Å²) in [5.41, 5.74) is 1.72. The van der Waals surface area contributed by atoms with Crippen LogP contribution in [0, 0.1) is 0 Å². The van der Waals surface area contributed by atoms with Gasteiger partial charge >= 0.3 is 0 Å². The van der Waals surface area contributed by atoms with Crippen molar-refractivity contribution in [3.63, 3.8) is 0 Å².